The van der Waals surface area contributed by atoms with Gasteiger partial charge in [0, 0.05) is 6.42 Å². The van der Waals surface area contributed by atoms with E-state index in [1.165, 1.54) is 6.92 Å². The van der Waals surface area contributed by atoms with Gasteiger partial charge in [0.15, 0.2) is 3.79 Å². The van der Waals surface area contributed by atoms with Crippen LogP contribution < -0.4 is 0 Å². The molecule has 6 heteroatoms. The van der Waals surface area contributed by atoms with Crippen LogP contribution in [0.4, 0.5) is 0 Å². The van der Waals surface area contributed by atoms with Gasteiger partial charge in [-0.1, -0.05) is 34.8 Å². The maximum Gasteiger partial charge on any atom is 0.327 e. The van der Waals surface area contributed by atoms with Crippen LogP contribution in [-0.4, -0.2) is 21.2 Å². The first-order chi connectivity index (χ1) is 5.69. The number of alkyl halides is 4. The molecule has 78 valence electrons. The highest BCUT2D eigenvalue weighted by Gasteiger charge is 2.40. The van der Waals surface area contributed by atoms with Gasteiger partial charge in [0.2, 0.25) is 0 Å². The Morgan fingerprint density at radius 3 is 2.08 bits per heavy atom. The Labute approximate surface area is 97.4 Å². The SMILES string of the molecule is CCOC(=O)C(C)(Cl)CC(Cl)(Cl)Cl. The standard InChI is InChI=1S/C7H10Cl4O2/c1-3-13-5(12)6(2,8)4-7(9,10)11/h3-4H2,1-2H3. The van der Waals surface area contributed by atoms with Gasteiger partial charge in [-0.15, -0.1) is 11.6 Å². The molecule has 1 unspecified atom stereocenters. The zero-order valence-electron chi connectivity index (χ0n) is 7.24. The van der Waals surface area contributed by atoms with Crippen molar-refractivity contribution in [1.82, 2.24) is 0 Å². The summed E-state index contributed by atoms with van der Waals surface area (Å²) in [5, 5.41) is 0. The van der Waals surface area contributed by atoms with Crippen LogP contribution in [0.1, 0.15) is 20.3 Å². The molecular weight excluding hydrogens is 258 g/mol. The molecule has 13 heavy (non-hydrogen) atoms. The van der Waals surface area contributed by atoms with Crippen LogP contribution in [0.2, 0.25) is 0 Å². The Morgan fingerprint density at radius 2 is 1.77 bits per heavy atom. The third kappa shape index (κ3) is 5.84. The van der Waals surface area contributed by atoms with Gasteiger partial charge in [0.05, 0.1) is 6.61 Å². The summed E-state index contributed by atoms with van der Waals surface area (Å²) >= 11 is 22.3. The molecule has 0 aromatic carbocycles. The molecule has 2 nitrogen and oxygen atoms in total. The quantitative estimate of drug-likeness (QED) is 0.579. The largest absolute Gasteiger partial charge is 0.465 e. The van der Waals surface area contributed by atoms with E-state index in [-0.39, 0.29) is 13.0 Å². The number of hydrogen-bond donors (Lipinski definition) is 0. The molecule has 1 atom stereocenters. The minimum absolute atomic E-state index is 0.0922. The van der Waals surface area contributed by atoms with Crippen molar-refractivity contribution >= 4 is 52.4 Å². The minimum atomic E-state index is -1.55. The normalized spacial score (nSPS) is 16.5. The topological polar surface area (TPSA) is 26.3 Å². The van der Waals surface area contributed by atoms with Crippen molar-refractivity contribution in [2.75, 3.05) is 6.61 Å². The van der Waals surface area contributed by atoms with E-state index in [9.17, 15) is 4.79 Å². The Kier molecular flexibility index (Phi) is 5.16. The van der Waals surface area contributed by atoms with Gasteiger partial charge in [-0.3, -0.25) is 4.79 Å². The van der Waals surface area contributed by atoms with Crippen molar-refractivity contribution in [3.05, 3.63) is 0 Å². The predicted octanol–water partition coefficient (Wildman–Crippen LogP) is 3.31. The molecule has 0 aliphatic rings. The second-order valence-corrected chi connectivity index (χ2v) is 6.06. The summed E-state index contributed by atoms with van der Waals surface area (Å²) in [7, 11) is 0. The van der Waals surface area contributed by atoms with Crippen LogP contribution >= 0.6 is 46.4 Å². The van der Waals surface area contributed by atoms with E-state index in [0.717, 1.165) is 0 Å². The molecule has 0 heterocycles. The highest BCUT2D eigenvalue weighted by molar-refractivity contribution is 6.67. The molecule has 0 saturated heterocycles. The van der Waals surface area contributed by atoms with Crippen LogP contribution in [-0.2, 0) is 9.53 Å². The summed E-state index contributed by atoms with van der Waals surface area (Å²) in [5.74, 6) is -0.581. The third-order valence-corrected chi connectivity index (χ3v) is 1.92. The monoisotopic (exact) mass is 266 g/mol. The molecule has 0 spiro atoms. The van der Waals surface area contributed by atoms with Crippen LogP contribution in [0.25, 0.3) is 0 Å². The molecule has 0 aliphatic heterocycles. The van der Waals surface area contributed by atoms with E-state index < -0.39 is 14.6 Å². The smallest absolute Gasteiger partial charge is 0.327 e. The highest BCUT2D eigenvalue weighted by atomic mass is 35.6. The fourth-order valence-corrected chi connectivity index (χ4v) is 1.99. The summed E-state index contributed by atoms with van der Waals surface area (Å²) in [4.78, 5) is 9.92. The van der Waals surface area contributed by atoms with Crippen molar-refractivity contribution in [3.8, 4) is 0 Å². The summed E-state index contributed by atoms with van der Waals surface area (Å²) in [6.07, 6.45) is -0.0922. The van der Waals surface area contributed by atoms with Crippen LogP contribution in [0.15, 0.2) is 0 Å². The lowest BCUT2D eigenvalue weighted by atomic mass is 10.1. The molecule has 0 saturated carbocycles. The summed E-state index contributed by atoms with van der Waals surface area (Å²) in [6, 6.07) is 0. The average molecular weight is 268 g/mol. The van der Waals surface area contributed by atoms with E-state index in [0.29, 0.717) is 0 Å². The van der Waals surface area contributed by atoms with Crippen LogP contribution in [0, 0.1) is 0 Å². The van der Waals surface area contributed by atoms with E-state index in [1.54, 1.807) is 6.92 Å². The maximum absolute atomic E-state index is 11.2. The molecule has 0 amide bonds. The van der Waals surface area contributed by atoms with Crippen LogP contribution in [0.5, 0.6) is 0 Å². The number of esters is 1. The van der Waals surface area contributed by atoms with Crippen molar-refractivity contribution in [3.63, 3.8) is 0 Å². The van der Waals surface area contributed by atoms with E-state index in [4.69, 9.17) is 51.1 Å². The molecular formula is C7H10Cl4O2. The Balaban J connectivity index is 4.30. The zero-order valence-corrected chi connectivity index (χ0v) is 10.3. The van der Waals surface area contributed by atoms with Crippen molar-refractivity contribution in [2.24, 2.45) is 0 Å². The van der Waals surface area contributed by atoms with Crippen molar-refractivity contribution in [1.29, 1.82) is 0 Å². The highest BCUT2D eigenvalue weighted by Crippen LogP contribution is 2.38. The van der Waals surface area contributed by atoms with Gasteiger partial charge in [0.1, 0.15) is 4.87 Å². The first-order valence-corrected chi connectivity index (χ1v) is 5.13. The molecule has 0 aromatic rings. The molecule has 0 aliphatic carbocycles. The van der Waals surface area contributed by atoms with Crippen LogP contribution in [0.3, 0.4) is 0 Å². The predicted molar refractivity (Wildman–Crippen MR) is 55.8 cm³/mol. The fourth-order valence-electron chi connectivity index (χ4n) is 0.730. The lowest BCUT2D eigenvalue weighted by Crippen LogP contribution is -2.35. The number of halogens is 4. The molecule has 0 aromatic heterocycles. The van der Waals surface area contributed by atoms with E-state index >= 15 is 0 Å². The summed E-state index contributed by atoms with van der Waals surface area (Å²) in [6.45, 7) is 3.38. The number of ether oxygens (including phenoxy) is 1. The summed E-state index contributed by atoms with van der Waals surface area (Å²) < 4.78 is 3.15. The maximum atomic E-state index is 11.2. The molecule has 0 fully saturated rings. The van der Waals surface area contributed by atoms with E-state index in [1.807, 2.05) is 0 Å². The Morgan fingerprint density at radius 1 is 1.31 bits per heavy atom. The van der Waals surface area contributed by atoms with Crippen molar-refractivity contribution in [2.45, 2.75) is 28.9 Å². The molecule has 0 bridgehead atoms. The molecule has 0 radical (unpaired) electrons. The van der Waals surface area contributed by atoms with Gasteiger partial charge in [-0.25, -0.2) is 0 Å². The van der Waals surface area contributed by atoms with Gasteiger partial charge in [-0.2, -0.15) is 0 Å². The van der Waals surface area contributed by atoms with Gasteiger partial charge in [0.25, 0.3) is 0 Å². The number of carbonyl (C=O) groups excluding carboxylic acids is 1. The van der Waals surface area contributed by atoms with Crippen molar-refractivity contribution < 1.29 is 9.53 Å². The van der Waals surface area contributed by atoms with Gasteiger partial charge < -0.3 is 4.74 Å². The fraction of sp³-hybridized carbons (Fsp3) is 0.857. The first-order valence-electron chi connectivity index (χ1n) is 3.62. The summed E-state index contributed by atoms with van der Waals surface area (Å²) in [5.41, 5.74) is 0. The minimum Gasteiger partial charge on any atom is -0.465 e. The number of rotatable bonds is 3. The second kappa shape index (κ2) is 4.92. The second-order valence-electron chi connectivity index (χ2n) is 2.71. The Hall–Kier alpha value is 0.630. The van der Waals surface area contributed by atoms with Gasteiger partial charge in [-0.05, 0) is 13.8 Å². The third-order valence-electron chi connectivity index (χ3n) is 1.23. The number of hydrogen-bond acceptors (Lipinski definition) is 2. The Bertz CT molecular complexity index is 185. The lowest BCUT2D eigenvalue weighted by Gasteiger charge is -2.23. The van der Waals surface area contributed by atoms with E-state index in [2.05, 4.69) is 0 Å². The molecule has 0 rings (SSSR count). The van der Waals surface area contributed by atoms with Gasteiger partial charge >= 0.3 is 5.97 Å². The number of carbonyl (C=O) groups is 1. The first kappa shape index (κ1) is 13.6. The zero-order chi connectivity index (χ0) is 10.7. The average Bonchev–Trinajstić information content (AvgIpc) is 1.82. The lowest BCUT2D eigenvalue weighted by molar-refractivity contribution is -0.146. The molecule has 0 N–H and O–H groups in total.